The van der Waals surface area contributed by atoms with E-state index in [1.807, 2.05) is 0 Å². The molecule has 1 aliphatic carbocycles. The zero-order chi connectivity index (χ0) is 35.8. The third-order valence-corrected chi connectivity index (χ3v) is 11.4. The standard InChI is InChI=1S/C48H27N7/c1-2-14-28(15-3-1)53-37-22-10-8-18-31(37)35-27-42-36(26-41(35)53)32-19-9-13-25-40(32)55(42)48-50-45-34-21-5-4-20-33(34)44-43(45)46(52-48)51-47(49-44)54-38-23-11-6-16-29(38)30-17-7-12-24-39(30)54/h1-27H. The quantitative estimate of drug-likeness (QED) is 0.184. The molecule has 5 aromatic heterocycles. The number of para-hydroxylation sites is 5. The normalized spacial score (nSPS) is 12.4. The summed E-state index contributed by atoms with van der Waals surface area (Å²) in [6, 6.07) is 57.8. The van der Waals surface area contributed by atoms with E-state index in [4.69, 9.17) is 19.9 Å². The molecule has 0 spiro atoms. The van der Waals surface area contributed by atoms with Crippen molar-refractivity contribution >= 4 is 76.5 Å². The summed E-state index contributed by atoms with van der Waals surface area (Å²) in [4.78, 5) is 21.4. The third-order valence-electron chi connectivity index (χ3n) is 11.4. The van der Waals surface area contributed by atoms with Crippen LogP contribution in [0.3, 0.4) is 0 Å². The van der Waals surface area contributed by atoms with E-state index < -0.39 is 0 Å². The summed E-state index contributed by atoms with van der Waals surface area (Å²) in [5, 5.41) is 7.84. The minimum absolute atomic E-state index is 0.578. The highest BCUT2D eigenvalue weighted by Gasteiger charge is 2.29. The third kappa shape index (κ3) is 3.78. The highest BCUT2D eigenvalue weighted by atomic mass is 15.2. The van der Waals surface area contributed by atoms with Crippen LogP contribution in [0.4, 0.5) is 0 Å². The summed E-state index contributed by atoms with van der Waals surface area (Å²) in [5.41, 5.74) is 12.0. The van der Waals surface area contributed by atoms with Gasteiger partial charge in [0.1, 0.15) is 0 Å². The number of aromatic nitrogens is 7. The van der Waals surface area contributed by atoms with Crippen molar-refractivity contribution in [2.45, 2.75) is 0 Å². The molecule has 1 aliphatic rings. The molecule has 13 rings (SSSR count). The van der Waals surface area contributed by atoms with Crippen molar-refractivity contribution in [1.82, 2.24) is 33.6 Å². The summed E-state index contributed by atoms with van der Waals surface area (Å²) >= 11 is 0. The minimum atomic E-state index is 0.578. The lowest BCUT2D eigenvalue weighted by Crippen LogP contribution is -2.06. The van der Waals surface area contributed by atoms with Crippen LogP contribution in [-0.2, 0) is 0 Å². The Hall–Kier alpha value is -7.64. The lowest BCUT2D eigenvalue weighted by atomic mass is 10.1. The molecule has 0 radical (unpaired) electrons. The SMILES string of the molecule is c1ccc(-n2c3ccccc3c3cc4c(cc32)c2ccccc2n4-c2nc3c4c(nc(-n5c6ccccc6c6ccccc65)nc4n2)-c2ccccc2-3)cc1. The molecule has 7 nitrogen and oxygen atoms in total. The largest absolute Gasteiger partial charge is 0.309 e. The van der Waals surface area contributed by atoms with Gasteiger partial charge in [-0.05, 0) is 48.5 Å². The number of benzene rings is 7. The minimum Gasteiger partial charge on any atom is -0.309 e. The first-order valence-electron chi connectivity index (χ1n) is 18.5. The lowest BCUT2D eigenvalue weighted by molar-refractivity contribution is 0.976. The highest BCUT2D eigenvalue weighted by Crippen LogP contribution is 2.46. The Labute approximate surface area is 313 Å². The maximum Gasteiger partial charge on any atom is 0.237 e. The van der Waals surface area contributed by atoms with Gasteiger partial charge in [0.15, 0.2) is 5.65 Å². The average molecular weight is 702 g/mol. The Morgan fingerprint density at radius 1 is 0.309 bits per heavy atom. The molecule has 0 saturated carbocycles. The van der Waals surface area contributed by atoms with Crippen LogP contribution in [0.1, 0.15) is 0 Å². The Bertz CT molecular complexity index is 3550. The van der Waals surface area contributed by atoms with E-state index in [0.717, 1.165) is 82.7 Å². The van der Waals surface area contributed by atoms with Crippen LogP contribution in [0, 0.1) is 0 Å². The van der Waals surface area contributed by atoms with E-state index in [1.165, 1.54) is 16.3 Å². The number of rotatable bonds is 3. The van der Waals surface area contributed by atoms with Gasteiger partial charge in [0.05, 0.1) is 49.9 Å². The number of nitrogens with zero attached hydrogens (tertiary/aromatic N) is 7. The van der Waals surface area contributed by atoms with Gasteiger partial charge in [-0.25, -0.2) is 9.97 Å². The van der Waals surface area contributed by atoms with Crippen molar-refractivity contribution in [2.24, 2.45) is 0 Å². The van der Waals surface area contributed by atoms with Crippen molar-refractivity contribution in [1.29, 1.82) is 0 Å². The summed E-state index contributed by atoms with van der Waals surface area (Å²) in [7, 11) is 0. The molecule has 0 aliphatic heterocycles. The first-order valence-corrected chi connectivity index (χ1v) is 18.5. The molecule has 0 N–H and O–H groups in total. The Balaban J connectivity index is 1.14. The van der Waals surface area contributed by atoms with Crippen LogP contribution in [0.5, 0.6) is 0 Å². The Morgan fingerprint density at radius 3 is 1.20 bits per heavy atom. The second-order valence-corrected chi connectivity index (χ2v) is 14.3. The zero-order valence-electron chi connectivity index (χ0n) is 29.2. The van der Waals surface area contributed by atoms with Gasteiger partial charge in [0.2, 0.25) is 11.9 Å². The van der Waals surface area contributed by atoms with Crippen LogP contribution in [0.25, 0.3) is 117 Å². The number of fused-ring (bicyclic) bond motifs is 12. The van der Waals surface area contributed by atoms with E-state index in [-0.39, 0.29) is 0 Å². The Morgan fingerprint density at radius 2 is 0.691 bits per heavy atom. The molecule has 254 valence electrons. The van der Waals surface area contributed by atoms with Crippen molar-refractivity contribution in [3.8, 4) is 40.1 Å². The van der Waals surface area contributed by atoms with Gasteiger partial charge in [0, 0.05) is 49.1 Å². The summed E-state index contributed by atoms with van der Waals surface area (Å²) in [5.74, 6) is 1.17. The van der Waals surface area contributed by atoms with Gasteiger partial charge in [-0.2, -0.15) is 9.97 Å². The molecule has 0 bridgehead atoms. The zero-order valence-corrected chi connectivity index (χ0v) is 29.2. The van der Waals surface area contributed by atoms with Crippen LogP contribution in [-0.4, -0.2) is 33.6 Å². The number of hydrogen-bond acceptors (Lipinski definition) is 4. The molecular weight excluding hydrogens is 675 g/mol. The van der Waals surface area contributed by atoms with Crippen molar-refractivity contribution in [3.63, 3.8) is 0 Å². The molecule has 7 heteroatoms. The van der Waals surface area contributed by atoms with Crippen molar-refractivity contribution in [3.05, 3.63) is 164 Å². The monoisotopic (exact) mass is 701 g/mol. The van der Waals surface area contributed by atoms with Gasteiger partial charge in [-0.1, -0.05) is 115 Å². The van der Waals surface area contributed by atoms with E-state index >= 15 is 0 Å². The molecular formula is C48H27N7. The Kier molecular flexibility index (Phi) is 5.51. The van der Waals surface area contributed by atoms with Crippen LogP contribution >= 0.6 is 0 Å². The topological polar surface area (TPSA) is 66.3 Å². The first-order chi connectivity index (χ1) is 27.3. The van der Waals surface area contributed by atoms with E-state index in [2.05, 4.69) is 177 Å². The molecule has 12 aromatic rings. The van der Waals surface area contributed by atoms with Gasteiger partial charge < -0.3 is 4.57 Å². The maximum absolute atomic E-state index is 5.40. The fourth-order valence-electron chi connectivity index (χ4n) is 9.14. The van der Waals surface area contributed by atoms with Crippen LogP contribution in [0.15, 0.2) is 164 Å². The number of hydrogen-bond donors (Lipinski definition) is 0. The van der Waals surface area contributed by atoms with E-state index in [1.54, 1.807) is 0 Å². The van der Waals surface area contributed by atoms with Crippen LogP contribution < -0.4 is 0 Å². The van der Waals surface area contributed by atoms with Gasteiger partial charge in [-0.15, -0.1) is 0 Å². The summed E-state index contributed by atoms with van der Waals surface area (Å²) < 4.78 is 6.76. The second-order valence-electron chi connectivity index (χ2n) is 14.3. The maximum atomic E-state index is 5.40. The molecule has 5 heterocycles. The molecule has 0 fully saturated rings. The lowest BCUT2D eigenvalue weighted by Gasteiger charge is -2.11. The van der Waals surface area contributed by atoms with Gasteiger partial charge in [-0.3, -0.25) is 9.13 Å². The summed E-state index contributed by atoms with van der Waals surface area (Å²) in [6.45, 7) is 0. The average Bonchev–Trinajstić information content (AvgIpc) is 3.96. The molecule has 7 aromatic carbocycles. The highest BCUT2D eigenvalue weighted by molar-refractivity contribution is 6.19. The molecule has 0 amide bonds. The second kappa shape index (κ2) is 10.5. The van der Waals surface area contributed by atoms with E-state index in [9.17, 15) is 0 Å². The molecule has 0 unspecified atom stereocenters. The molecule has 0 atom stereocenters. The molecule has 0 saturated heterocycles. The smallest absolute Gasteiger partial charge is 0.237 e. The van der Waals surface area contributed by atoms with Crippen LogP contribution in [0.2, 0.25) is 0 Å². The van der Waals surface area contributed by atoms with Gasteiger partial charge >= 0.3 is 0 Å². The fourth-order valence-corrected chi connectivity index (χ4v) is 9.14. The molecule has 55 heavy (non-hydrogen) atoms. The predicted molar refractivity (Wildman–Crippen MR) is 223 cm³/mol. The predicted octanol–water partition coefficient (Wildman–Crippen LogP) is 11.4. The van der Waals surface area contributed by atoms with Gasteiger partial charge in [0.25, 0.3) is 0 Å². The first kappa shape index (κ1) is 28.9. The fraction of sp³-hybridized carbons (Fsp3) is 0. The van der Waals surface area contributed by atoms with Crippen molar-refractivity contribution in [2.75, 3.05) is 0 Å². The van der Waals surface area contributed by atoms with Crippen molar-refractivity contribution < 1.29 is 0 Å². The summed E-state index contributed by atoms with van der Waals surface area (Å²) in [6.07, 6.45) is 0. The van der Waals surface area contributed by atoms with E-state index in [0.29, 0.717) is 17.5 Å².